The predicted octanol–water partition coefficient (Wildman–Crippen LogP) is 2.19. The van der Waals surface area contributed by atoms with Crippen molar-refractivity contribution in [1.29, 1.82) is 0 Å². The second kappa shape index (κ2) is 8.13. The predicted molar refractivity (Wildman–Crippen MR) is 89.6 cm³/mol. The fraction of sp³-hybridized carbons (Fsp3) is 0.889. The van der Waals surface area contributed by atoms with Gasteiger partial charge in [0.15, 0.2) is 0 Å². The Hall–Kier alpha value is -1.10. The molecule has 0 spiro atoms. The number of nitrogens with two attached hydrogens (primary N) is 1. The summed E-state index contributed by atoms with van der Waals surface area (Å²) in [4.78, 5) is 25.7. The van der Waals surface area contributed by atoms with Crippen molar-refractivity contribution in [2.24, 2.45) is 29.4 Å². The van der Waals surface area contributed by atoms with Crippen LogP contribution < -0.4 is 5.73 Å². The number of rotatable bonds is 5. The maximum Gasteiger partial charge on any atom is 0.320 e. The van der Waals surface area contributed by atoms with Gasteiger partial charge in [-0.2, -0.15) is 0 Å². The lowest BCUT2D eigenvalue weighted by Crippen LogP contribution is -2.45. The third kappa shape index (κ3) is 5.20. The second-order valence-corrected chi connectivity index (χ2v) is 7.83. The largest absolute Gasteiger partial charge is 0.461 e. The van der Waals surface area contributed by atoms with Crippen molar-refractivity contribution in [3.8, 4) is 0 Å². The van der Waals surface area contributed by atoms with Gasteiger partial charge in [-0.3, -0.25) is 14.5 Å². The van der Waals surface area contributed by atoms with Crippen LogP contribution in [0.25, 0.3) is 0 Å². The molecular formula is C18H32N2O3. The smallest absolute Gasteiger partial charge is 0.320 e. The van der Waals surface area contributed by atoms with Gasteiger partial charge in [0.2, 0.25) is 5.91 Å². The summed E-state index contributed by atoms with van der Waals surface area (Å²) in [6, 6.07) is 0. The van der Waals surface area contributed by atoms with Crippen LogP contribution in [0.1, 0.15) is 52.9 Å². The van der Waals surface area contributed by atoms with Crippen molar-refractivity contribution >= 4 is 11.9 Å². The van der Waals surface area contributed by atoms with E-state index < -0.39 is 0 Å². The molecule has 1 amide bonds. The lowest BCUT2D eigenvalue weighted by Gasteiger charge is -2.37. The molecule has 2 aliphatic rings. The minimum Gasteiger partial charge on any atom is -0.461 e. The average molecular weight is 324 g/mol. The summed E-state index contributed by atoms with van der Waals surface area (Å²) in [7, 11) is 0. The zero-order valence-electron chi connectivity index (χ0n) is 14.8. The molecule has 2 N–H and O–H groups in total. The molecule has 1 saturated heterocycles. The number of carbonyl (C=O) groups is 2. The zero-order valence-corrected chi connectivity index (χ0v) is 14.8. The maximum absolute atomic E-state index is 12.4. The molecule has 4 unspecified atom stereocenters. The molecule has 5 heteroatoms. The van der Waals surface area contributed by atoms with E-state index in [2.05, 4.69) is 20.8 Å². The fourth-order valence-electron chi connectivity index (χ4n) is 4.07. The van der Waals surface area contributed by atoms with E-state index in [-0.39, 0.29) is 30.4 Å². The summed E-state index contributed by atoms with van der Waals surface area (Å²) < 4.78 is 5.84. The van der Waals surface area contributed by atoms with Gasteiger partial charge in [0.05, 0.1) is 12.5 Å². The number of esters is 1. The molecule has 1 aliphatic carbocycles. The third-order valence-electron chi connectivity index (χ3n) is 5.50. The monoisotopic (exact) mass is 324 g/mol. The van der Waals surface area contributed by atoms with Crippen LogP contribution in [0.3, 0.4) is 0 Å². The summed E-state index contributed by atoms with van der Waals surface area (Å²) in [5.41, 5.74) is 5.39. The number of nitrogens with zero attached hydrogens (tertiary/aromatic N) is 1. The lowest BCUT2D eigenvalue weighted by atomic mass is 9.75. The molecule has 5 nitrogen and oxygen atoms in total. The molecule has 2 fully saturated rings. The van der Waals surface area contributed by atoms with E-state index in [9.17, 15) is 9.59 Å². The van der Waals surface area contributed by atoms with Gasteiger partial charge in [0.25, 0.3) is 0 Å². The van der Waals surface area contributed by atoms with Gasteiger partial charge in [-0.1, -0.05) is 27.2 Å². The highest BCUT2D eigenvalue weighted by atomic mass is 16.5. The van der Waals surface area contributed by atoms with Gasteiger partial charge in [0, 0.05) is 6.54 Å². The number of ether oxygens (including phenoxy) is 1. The number of likely N-dealkylation sites (tertiary alicyclic amines) is 1. The van der Waals surface area contributed by atoms with Gasteiger partial charge in [-0.05, 0) is 50.0 Å². The minimum atomic E-state index is -0.260. The Morgan fingerprint density at radius 2 is 2.00 bits per heavy atom. The Morgan fingerprint density at radius 1 is 1.26 bits per heavy atom. The molecule has 1 aliphatic heterocycles. The molecule has 0 aromatic heterocycles. The second-order valence-electron chi connectivity index (χ2n) is 7.83. The average Bonchev–Trinajstić information content (AvgIpc) is 2.47. The van der Waals surface area contributed by atoms with Crippen molar-refractivity contribution in [2.45, 2.75) is 59.0 Å². The highest BCUT2D eigenvalue weighted by Gasteiger charge is 2.34. The first kappa shape index (κ1) is 18.2. The Balaban J connectivity index is 1.86. The molecule has 0 bridgehead atoms. The number of hydrogen-bond acceptors (Lipinski definition) is 4. The van der Waals surface area contributed by atoms with Crippen molar-refractivity contribution in [3.63, 3.8) is 0 Å². The van der Waals surface area contributed by atoms with Gasteiger partial charge in [-0.15, -0.1) is 0 Å². The summed E-state index contributed by atoms with van der Waals surface area (Å²) in [6.45, 7) is 8.36. The van der Waals surface area contributed by atoms with Crippen LogP contribution in [0, 0.1) is 23.7 Å². The summed E-state index contributed by atoms with van der Waals surface area (Å²) >= 11 is 0. The normalized spacial score (nSPS) is 32.7. The van der Waals surface area contributed by atoms with E-state index in [1.54, 1.807) is 0 Å². The van der Waals surface area contributed by atoms with Crippen LogP contribution in [0.15, 0.2) is 0 Å². The Bertz CT molecular complexity index is 424. The first-order valence-corrected chi connectivity index (χ1v) is 9.08. The third-order valence-corrected chi connectivity index (χ3v) is 5.50. The van der Waals surface area contributed by atoms with Crippen LogP contribution in [0.5, 0.6) is 0 Å². The molecule has 0 aromatic rings. The van der Waals surface area contributed by atoms with Crippen molar-refractivity contribution in [3.05, 3.63) is 0 Å². The Morgan fingerprint density at radius 3 is 2.65 bits per heavy atom. The van der Waals surface area contributed by atoms with Crippen LogP contribution in [-0.2, 0) is 14.3 Å². The summed E-state index contributed by atoms with van der Waals surface area (Å²) in [5.74, 6) is 1.08. The number of amides is 1. The molecule has 0 aromatic carbocycles. The standard InChI is InChI=1S/C18H32N2O3/c1-12(2)15-7-6-13(3)9-16(15)23-17(21)11-20-8-4-5-14(10-20)18(19)22/h12-16H,4-11H2,1-3H3,(H2,19,22). The van der Waals surface area contributed by atoms with Crippen molar-refractivity contribution in [1.82, 2.24) is 4.90 Å². The molecule has 0 radical (unpaired) electrons. The minimum absolute atomic E-state index is 0.0444. The van der Waals surface area contributed by atoms with Gasteiger partial charge in [-0.25, -0.2) is 0 Å². The molecule has 4 atom stereocenters. The molecule has 1 saturated carbocycles. The number of primary amides is 1. The summed E-state index contributed by atoms with van der Waals surface area (Å²) in [5, 5.41) is 0. The first-order chi connectivity index (χ1) is 10.9. The van der Waals surface area contributed by atoms with Crippen LogP contribution in [0.4, 0.5) is 0 Å². The van der Waals surface area contributed by atoms with Gasteiger partial charge >= 0.3 is 5.97 Å². The topological polar surface area (TPSA) is 72.6 Å². The molecule has 132 valence electrons. The van der Waals surface area contributed by atoms with E-state index in [1.807, 2.05) is 4.90 Å². The van der Waals surface area contributed by atoms with E-state index in [0.29, 0.717) is 24.3 Å². The van der Waals surface area contributed by atoms with Crippen molar-refractivity contribution in [2.75, 3.05) is 19.6 Å². The molecular weight excluding hydrogens is 292 g/mol. The first-order valence-electron chi connectivity index (χ1n) is 9.08. The number of hydrogen-bond donors (Lipinski definition) is 1. The number of piperidine rings is 1. The highest BCUT2D eigenvalue weighted by molar-refractivity contribution is 5.77. The zero-order chi connectivity index (χ0) is 17.0. The van der Waals surface area contributed by atoms with Gasteiger partial charge in [0.1, 0.15) is 6.10 Å². The molecule has 1 heterocycles. The molecule has 23 heavy (non-hydrogen) atoms. The Labute approximate surface area is 139 Å². The lowest BCUT2D eigenvalue weighted by molar-refractivity contribution is -0.158. The van der Waals surface area contributed by atoms with E-state index in [1.165, 1.54) is 6.42 Å². The van der Waals surface area contributed by atoms with Crippen LogP contribution >= 0.6 is 0 Å². The quantitative estimate of drug-likeness (QED) is 0.787. The molecule has 2 rings (SSSR count). The summed E-state index contributed by atoms with van der Waals surface area (Å²) in [6.07, 6.45) is 5.13. The van der Waals surface area contributed by atoms with E-state index >= 15 is 0 Å². The number of carbonyl (C=O) groups excluding carboxylic acids is 2. The van der Waals surface area contributed by atoms with E-state index in [0.717, 1.165) is 32.2 Å². The Kier molecular flexibility index (Phi) is 6.45. The maximum atomic E-state index is 12.4. The SMILES string of the molecule is CC1CCC(C(C)C)C(OC(=O)CN2CCCC(C(N)=O)C2)C1. The van der Waals surface area contributed by atoms with E-state index in [4.69, 9.17) is 10.5 Å². The fourth-order valence-corrected chi connectivity index (χ4v) is 4.07. The highest BCUT2D eigenvalue weighted by Crippen LogP contribution is 2.35. The van der Waals surface area contributed by atoms with Crippen molar-refractivity contribution < 1.29 is 14.3 Å². The van der Waals surface area contributed by atoms with Crippen LogP contribution in [-0.4, -0.2) is 42.5 Å². The van der Waals surface area contributed by atoms with Crippen LogP contribution in [0.2, 0.25) is 0 Å². The van der Waals surface area contributed by atoms with Gasteiger partial charge < -0.3 is 10.5 Å².